The van der Waals surface area contributed by atoms with E-state index < -0.39 is 5.91 Å². The number of thiophene rings is 1. The van der Waals surface area contributed by atoms with Crippen molar-refractivity contribution >= 4 is 34.8 Å². The van der Waals surface area contributed by atoms with Gasteiger partial charge in [-0.05, 0) is 38.8 Å². The molecule has 1 aliphatic heterocycles. The highest BCUT2D eigenvalue weighted by atomic mass is 35.5. The Kier molecular flexibility index (Phi) is 8.22. The van der Waals surface area contributed by atoms with E-state index in [0.717, 1.165) is 30.8 Å². The molecule has 0 radical (unpaired) electrons. The van der Waals surface area contributed by atoms with Crippen molar-refractivity contribution in [2.45, 2.75) is 45.3 Å². The smallest absolute Gasteiger partial charge is 0.271 e. The molecule has 0 aromatic carbocycles. The Morgan fingerprint density at radius 1 is 1.26 bits per heavy atom. The lowest BCUT2D eigenvalue weighted by atomic mass is 10.0. The van der Waals surface area contributed by atoms with E-state index in [0.29, 0.717) is 21.8 Å². The second kappa shape index (κ2) is 11.3. The highest BCUT2D eigenvalue weighted by Gasteiger charge is 2.25. The maximum absolute atomic E-state index is 13.2. The zero-order chi connectivity index (χ0) is 24.9. The molecule has 3 aromatic heterocycles. The number of likely N-dealkylation sites (tertiary alicyclic amines) is 1. The molecule has 0 unspecified atom stereocenters. The lowest BCUT2D eigenvalue weighted by molar-refractivity contribution is 0.0889. The van der Waals surface area contributed by atoms with E-state index in [1.165, 1.54) is 22.1 Å². The summed E-state index contributed by atoms with van der Waals surface area (Å²) in [5, 5.41) is 23.1. The minimum absolute atomic E-state index is 0.0507. The second-order valence-corrected chi connectivity index (χ2v) is 10.4. The molecule has 0 aliphatic carbocycles. The Morgan fingerprint density at radius 2 is 2.03 bits per heavy atom. The predicted molar refractivity (Wildman–Crippen MR) is 133 cm³/mol. The molecular formula is C23H29ClN6O4S. The van der Waals surface area contributed by atoms with Gasteiger partial charge in [0, 0.05) is 43.9 Å². The van der Waals surface area contributed by atoms with Gasteiger partial charge in [-0.25, -0.2) is 0 Å². The number of halogens is 1. The number of hydrogen-bond donors (Lipinski definition) is 3. The normalized spacial score (nSPS) is 15.0. The van der Waals surface area contributed by atoms with Crippen LogP contribution in [0.2, 0.25) is 4.34 Å². The molecular weight excluding hydrogens is 492 g/mol. The summed E-state index contributed by atoms with van der Waals surface area (Å²) in [5.74, 6) is -0.200. The summed E-state index contributed by atoms with van der Waals surface area (Å²) in [4.78, 5) is 28.9. The highest BCUT2D eigenvalue weighted by Crippen LogP contribution is 2.31. The SMILES string of the molecule is CC(C)N1CCC(NC(=O)c2cc(C(=O)NCCO)nn2Cc2cc(-c3ccc(Cl)s3)on2)CC1. The molecule has 4 rings (SSSR count). The minimum Gasteiger partial charge on any atom is -0.395 e. The summed E-state index contributed by atoms with van der Waals surface area (Å²) < 4.78 is 7.54. The van der Waals surface area contributed by atoms with Gasteiger partial charge in [-0.15, -0.1) is 11.3 Å². The number of rotatable bonds is 9. The molecule has 0 bridgehead atoms. The van der Waals surface area contributed by atoms with E-state index in [2.05, 4.69) is 39.6 Å². The molecule has 3 aromatic rings. The van der Waals surface area contributed by atoms with Gasteiger partial charge in [0.25, 0.3) is 11.8 Å². The van der Waals surface area contributed by atoms with Crippen molar-refractivity contribution in [2.75, 3.05) is 26.2 Å². The number of carbonyl (C=O) groups excluding carboxylic acids is 2. The summed E-state index contributed by atoms with van der Waals surface area (Å²) in [6.45, 7) is 6.23. The van der Waals surface area contributed by atoms with Crippen LogP contribution in [0.4, 0.5) is 0 Å². The first-order chi connectivity index (χ1) is 16.8. The van der Waals surface area contributed by atoms with E-state index >= 15 is 0 Å². The average molecular weight is 521 g/mol. The Bertz CT molecular complexity index is 1160. The summed E-state index contributed by atoms with van der Waals surface area (Å²) in [7, 11) is 0. The zero-order valence-corrected chi connectivity index (χ0v) is 21.2. The van der Waals surface area contributed by atoms with E-state index in [-0.39, 0.29) is 43.0 Å². The number of nitrogens with one attached hydrogen (secondary N) is 2. The molecule has 4 heterocycles. The molecule has 0 saturated carbocycles. The number of aliphatic hydroxyl groups excluding tert-OH is 1. The topological polar surface area (TPSA) is 126 Å². The van der Waals surface area contributed by atoms with Crippen molar-refractivity contribution in [2.24, 2.45) is 0 Å². The van der Waals surface area contributed by atoms with Crippen molar-refractivity contribution in [3.8, 4) is 10.6 Å². The van der Waals surface area contributed by atoms with Crippen molar-refractivity contribution in [3.05, 3.63) is 45.7 Å². The largest absolute Gasteiger partial charge is 0.395 e. The van der Waals surface area contributed by atoms with Crippen LogP contribution in [0, 0.1) is 0 Å². The van der Waals surface area contributed by atoms with Crippen molar-refractivity contribution in [1.29, 1.82) is 0 Å². The molecule has 10 nitrogen and oxygen atoms in total. The molecule has 1 saturated heterocycles. The van der Waals surface area contributed by atoms with Gasteiger partial charge in [0.15, 0.2) is 11.5 Å². The predicted octanol–water partition coefficient (Wildman–Crippen LogP) is 2.63. The Hall–Kier alpha value is -2.73. The molecule has 0 atom stereocenters. The van der Waals surface area contributed by atoms with Gasteiger partial charge >= 0.3 is 0 Å². The lowest BCUT2D eigenvalue weighted by Crippen LogP contribution is -2.46. The quantitative estimate of drug-likeness (QED) is 0.396. The Balaban J connectivity index is 1.51. The monoisotopic (exact) mass is 520 g/mol. The van der Waals surface area contributed by atoms with Crippen LogP contribution in [0.25, 0.3) is 10.6 Å². The van der Waals surface area contributed by atoms with E-state index in [9.17, 15) is 9.59 Å². The molecule has 35 heavy (non-hydrogen) atoms. The van der Waals surface area contributed by atoms with Crippen LogP contribution in [-0.4, -0.2) is 75.1 Å². The van der Waals surface area contributed by atoms with Gasteiger partial charge in [-0.3, -0.25) is 14.3 Å². The lowest BCUT2D eigenvalue weighted by Gasteiger charge is -2.34. The maximum atomic E-state index is 13.2. The molecule has 2 amide bonds. The maximum Gasteiger partial charge on any atom is 0.271 e. The number of aliphatic hydroxyl groups is 1. The van der Waals surface area contributed by atoms with Gasteiger partial charge in [0.05, 0.1) is 22.4 Å². The fourth-order valence-corrected chi connectivity index (χ4v) is 5.00. The molecule has 1 fully saturated rings. The molecule has 1 aliphatic rings. The van der Waals surface area contributed by atoms with Gasteiger partial charge in [0.2, 0.25) is 0 Å². The summed E-state index contributed by atoms with van der Waals surface area (Å²) >= 11 is 7.39. The molecule has 188 valence electrons. The number of hydrogen-bond acceptors (Lipinski definition) is 8. The molecule has 3 N–H and O–H groups in total. The van der Waals surface area contributed by atoms with Gasteiger partial charge < -0.3 is 25.2 Å². The number of carbonyl (C=O) groups is 2. The summed E-state index contributed by atoms with van der Waals surface area (Å²) in [6, 6.07) is 7.38. The molecule has 0 spiro atoms. The van der Waals surface area contributed by atoms with Crippen molar-refractivity contribution < 1.29 is 19.2 Å². The van der Waals surface area contributed by atoms with E-state index in [1.807, 2.05) is 6.07 Å². The third-order valence-corrected chi connectivity index (χ3v) is 7.17. The number of piperidine rings is 1. The van der Waals surface area contributed by atoms with Crippen molar-refractivity contribution in [3.63, 3.8) is 0 Å². The minimum atomic E-state index is -0.467. The van der Waals surface area contributed by atoms with Gasteiger partial charge in [-0.2, -0.15) is 5.10 Å². The number of nitrogens with zero attached hydrogens (tertiary/aromatic N) is 4. The van der Waals surface area contributed by atoms with Crippen LogP contribution in [-0.2, 0) is 6.54 Å². The fraction of sp³-hybridized carbons (Fsp3) is 0.478. The fourth-order valence-electron chi connectivity index (χ4n) is 4.01. The van der Waals surface area contributed by atoms with Crippen LogP contribution in [0.15, 0.2) is 28.8 Å². The first-order valence-electron chi connectivity index (χ1n) is 11.6. The molecule has 12 heteroatoms. The first-order valence-corrected chi connectivity index (χ1v) is 12.8. The number of aromatic nitrogens is 3. The van der Waals surface area contributed by atoms with Crippen LogP contribution < -0.4 is 10.6 Å². The standard InChI is InChI=1S/C23H29ClN6O4S/c1-14(2)29-8-5-15(6-9-29)26-23(33)18-12-17(22(32)25-7-10-31)27-30(18)13-16-11-19(34-28-16)20-3-4-21(24)35-20/h3-4,11-12,14-15,31H,5-10,13H2,1-2H3,(H,25,32)(H,26,33). The van der Waals surface area contributed by atoms with Crippen LogP contribution in [0.3, 0.4) is 0 Å². The van der Waals surface area contributed by atoms with Gasteiger partial charge in [-0.1, -0.05) is 16.8 Å². The van der Waals surface area contributed by atoms with E-state index in [1.54, 1.807) is 12.1 Å². The third-order valence-electron chi connectivity index (χ3n) is 5.92. The van der Waals surface area contributed by atoms with Gasteiger partial charge in [0.1, 0.15) is 11.4 Å². The van der Waals surface area contributed by atoms with Crippen molar-refractivity contribution in [1.82, 2.24) is 30.5 Å². The Morgan fingerprint density at radius 3 is 2.69 bits per heavy atom. The second-order valence-electron chi connectivity index (χ2n) is 8.72. The highest BCUT2D eigenvalue weighted by molar-refractivity contribution is 7.19. The summed E-state index contributed by atoms with van der Waals surface area (Å²) in [6.07, 6.45) is 1.72. The summed E-state index contributed by atoms with van der Waals surface area (Å²) in [5.41, 5.74) is 0.898. The average Bonchev–Trinajstić information content (AvgIpc) is 3.58. The zero-order valence-electron chi connectivity index (χ0n) is 19.7. The van der Waals surface area contributed by atoms with Crippen LogP contribution >= 0.6 is 22.9 Å². The van der Waals surface area contributed by atoms with E-state index in [4.69, 9.17) is 21.2 Å². The number of amides is 2. The Labute approximate surface area is 212 Å². The first kappa shape index (κ1) is 25.4. The van der Waals surface area contributed by atoms with Crippen LogP contribution in [0.5, 0.6) is 0 Å². The third kappa shape index (κ3) is 6.29. The van der Waals surface area contributed by atoms with Crippen LogP contribution in [0.1, 0.15) is 53.4 Å².